The number of carboxylic acid groups (broad SMARTS) is 1. The van der Waals surface area contributed by atoms with Gasteiger partial charge in [0, 0.05) is 49.5 Å². The third-order valence-electron chi connectivity index (χ3n) is 8.32. The van der Waals surface area contributed by atoms with E-state index in [0.29, 0.717) is 61.0 Å². The van der Waals surface area contributed by atoms with Crippen molar-refractivity contribution in [3.05, 3.63) is 35.6 Å². The van der Waals surface area contributed by atoms with Crippen molar-refractivity contribution in [3.8, 4) is 33.9 Å². The van der Waals surface area contributed by atoms with Crippen molar-refractivity contribution in [2.24, 2.45) is 11.8 Å². The smallest absolute Gasteiger partial charge is 0.304 e. The third kappa shape index (κ3) is 6.48. The maximum Gasteiger partial charge on any atom is 0.304 e. The fraction of sp³-hybridized carbons (Fsp3) is 0.484. The van der Waals surface area contributed by atoms with Crippen LogP contribution in [-0.2, 0) is 14.3 Å². The molecule has 44 heavy (non-hydrogen) atoms. The molecule has 13 heteroatoms. The number of fused-ring (bicyclic) bond motifs is 1. The van der Waals surface area contributed by atoms with E-state index >= 15 is 4.39 Å². The van der Waals surface area contributed by atoms with Crippen LogP contribution in [0.1, 0.15) is 38.5 Å². The number of carbonyl (C=O) groups excluding carboxylic acids is 1. The number of anilines is 2. The van der Waals surface area contributed by atoms with Gasteiger partial charge in [-0.05, 0) is 67.9 Å². The molecule has 1 aliphatic carbocycles. The van der Waals surface area contributed by atoms with Crippen LogP contribution in [0.15, 0.2) is 30.5 Å². The Labute approximate surface area is 257 Å². The van der Waals surface area contributed by atoms with E-state index in [1.54, 1.807) is 18.3 Å². The minimum absolute atomic E-state index is 0.0160. The van der Waals surface area contributed by atoms with Gasteiger partial charge in [-0.3, -0.25) is 14.5 Å². The van der Waals surface area contributed by atoms with Crippen molar-refractivity contribution in [2.45, 2.75) is 44.6 Å². The molecule has 0 bridgehead atoms. The number of hydrogen-bond donors (Lipinski definition) is 1. The molecule has 3 aromatic rings. The van der Waals surface area contributed by atoms with E-state index in [0.717, 1.165) is 37.0 Å². The monoisotopic (exact) mass is 628 g/mol. The lowest BCUT2D eigenvalue weighted by Crippen LogP contribution is -2.40. The molecular weight excluding hydrogens is 594 g/mol. The molecule has 3 aliphatic rings. The number of thiazole rings is 1. The van der Waals surface area contributed by atoms with E-state index in [4.69, 9.17) is 14.2 Å². The number of likely N-dealkylation sites (N-methyl/N-ethyl adjacent to an activating group) is 1. The maximum absolute atomic E-state index is 15.9. The summed E-state index contributed by atoms with van der Waals surface area (Å²) in [4.78, 5) is 38.4. The number of carbonyl (C=O) groups is 2. The minimum atomic E-state index is -1.06. The van der Waals surface area contributed by atoms with Crippen LogP contribution < -0.4 is 19.3 Å². The molecular formula is C31H34F2N4O6S. The summed E-state index contributed by atoms with van der Waals surface area (Å²) in [5, 5.41) is 9.18. The van der Waals surface area contributed by atoms with E-state index in [-0.39, 0.29) is 40.9 Å². The SMILES string of the molecule is CN1CCOc2cc(-c3ccc(OCF)cc3-c3nc(N(C(=O)C(CC(=O)O)CC4CCOCC4)C4CC4)sc3F)cnc21. The summed E-state index contributed by atoms with van der Waals surface area (Å²) in [6, 6.07) is 6.44. The van der Waals surface area contributed by atoms with E-state index < -0.39 is 23.9 Å². The maximum atomic E-state index is 15.9. The second-order valence-corrected chi connectivity index (χ2v) is 12.3. The first kappa shape index (κ1) is 30.2. The topological polar surface area (TPSA) is 114 Å². The molecule has 1 saturated heterocycles. The highest BCUT2D eigenvalue weighted by Crippen LogP contribution is 2.44. The van der Waals surface area contributed by atoms with Gasteiger partial charge >= 0.3 is 5.97 Å². The normalized spacial score (nSPS) is 17.5. The highest BCUT2D eigenvalue weighted by Gasteiger charge is 2.40. The number of rotatable bonds is 11. The first-order valence-corrected chi connectivity index (χ1v) is 15.6. The summed E-state index contributed by atoms with van der Waals surface area (Å²) in [6.45, 7) is 1.30. The summed E-state index contributed by atoms with van der Waals surface area (Å²) < 4.78 is 45.4. The molecule has 2 aliphatic heterocycles. The van der Waals surface area contributed by atoms with Gasteiger partial charge in [-0.25, -0.2) is 14.4 Å². The Morgan fingerprint density at radius 2 is 1.98 bits per heavy atom. The molecule has 2 fully saturated rings. The van der Waals surface area contributed by atoms with Crippen molar-refractivity contribution < 1.29 is 37.7 Å². The van der Waals surface area contributed by atoms with Crippen LogP contribution in [0.4, 0.5) is 19.7 Å². The standard InChI is InChI=1S/C31H34F2N4O6S/c1-36-8-11-42-25-13-20(16-34-29(25)36)23-5-4-22(43-17-32)15-24(23)27-28(33)44-31(35-27)37(21-2-3-21)30(40)19(14-26(38)39)12-18-6-9-41-10-7-18/h4-5,13,15-16,18-19,21H,2-3,6-12,14,17H2,1H3,(H,38,39). The quantitative estimate of drug-likeness (QED) is 0.292. The number of aliphatic carboxylic acids is 1. The van der Waals surface area contributed by atoms with Crippen molar-refractivity contribution in [2.75, 3.05) is 50.1 Å². The number of alkyl halides is 1. The number of benzene rings is 1. The van der Waals surface area contributed by atoms with Crippen molar-refractivity contribution >= 4 is 34.2 Å². The van der Waals surface area contributed by atoms with E-state index in [1.165, 1.54) is 11.0 Å². The summed E-state index contributed by atoms with van der Waals surface area (Å²) >= 11 is 0.741. The van der Waals surface area contributed by atoms with Crippen LogP contribution in [0.25, 0.3) is 22.4 Å². The number of pyridine rings is 1. The van der Waals surface area contributed by atoms with Crippen molar-refractivity contribution in [3.63, 3.8) is 0 Å². The van der Waals surface area contributed by atoms with Gasteiger partial charge in [0.05, 0.1) is 13.0 Å². The summed E-state index contributed by atoms with van der Waals surface area (Å²) in [7, 11) is 1.92. The van der Waals surface area contributed by atoms with Crippen LogP contribution in [0.2, 0.25) is 0 Å². The molecule has 1 atom stereocenters. The number of hydrogen-bond acceptors (Lipinski definition) is 9. The zero-order chi connectivity index (χ0) is 30.8. The summed E-state index contributed by atoms with van der Waals surface area (Å²) in [6.07, 6.45) is 4.75. The van der Waals surface area contributed by atoms with E-state index in [2.05, 4.69) is 9.97 Å². The number of ether oxygens (including phenoxy) is 3. The van der Waals surface area contributed by atoms with Crippen molar-refractivity contribution in [1.82, 2.24) is 9.97 Å². The zero-order valence-electron chi connectivity index (χ0n) is 24.3. The van der Waals surface area contributed by atoms with Gasteiger partial charge in [-0.15, -0.1) is 0 Å². The zero-order valence-corrected chi connectivity index (χ0v) is 25.2. The van der Waals surface area contributed by atoms with Gasteiger partial charge in [-0.1, -0.05) is 11.3 Å². The van der Waals surface area contributed by atoms with E-state index in [1.807, 2.05) is 18.0 Å². The lowest BCUT2D eigenvalue weighted by molar-refractivity contribution is -0.141. The Morgan fingerprint density at radius 3 is 2.70 bits per heavy atom. The molecule has 1 unspecified atom stereocenters. The Hall–Kier alpha value is -3.84. The van der Waals surface area contributed by atoms with Crippen molar-refractivity contribution in [1.29, 1.82) is 0 Å². The van der Waals surface area contributed by atoms with Gasteiger partial charge in [0.25, 0.3) is 0 Å². The van der Waals surface area contributed by atoms with Crippen LogP contribution in [-0.4, -0.2) is 73.3 Å². The minimum Gasteiger partial charge on any atom is -0.488 e. The Morgan fingerprint density at radius 1 is 1.18 bits per heavy atom. The molecule has 4 heterocycles. The number of aromatic nitrogens is 2. The molecule has 0 radical (unpaired) electrons. The fourth-order valence-electron chi connectivity index (χ4n) is 5.89. The molecule has 1 N–H and O–H groups in total. The number of carboxylic acids is 1. The molecule has 6 rings (SSSR count). The van der Waals surface area contributed by atoms with E-state index in [9.17, 15) is 19.1 Å². The summed E-state index contributed by atoms with van der Waals surface area (Å²) in [5.41, 5.74) is 1.54. The van der Waals surface area contributed by atoms with Gasteiger partial charge in [0.1, 0.15) is 18.1 Å². The van der Waals surface area contributed by atoms with Gasteiger partial charge < -0.3 is 24.2 Å². The predicted octanol–water partition coefficient (Wildman–Crippen LogP) is 5.55. The third-order valence-corrected chi connectivity index (χ3v) is 9.16. The summed E-state index contributed by atoms with van der Waals surface area (Å²) in [5.74, 6) is -0.520. The fourth-order valence-corrected chi connectivity index (χ4v) is 6.77. The highest BCUT2D eigenvalue weighted by atomic mass is 32.1. The molecule has 1 saturated carbocycles. The average Bonchev–Trinajstić information content (AvgIpc) is 3.77. The highest BCUT2D eigenvalue weighted by molar-refractivity contribution is 7.14. The van der Waals surface area contributed by atoms with Crippen LogP contribution in [0.5, 0.6) is 11.5 Å². The Kier molecular flexibility index (Phi) is 8.94. The second kappa shape index (κ2) is 13.0. The first-order chi connectivity index (χ1) is 21.3. The van der Waals surface area contributed by atoms with Crippen LogP contribution in [0, 0.1) is 17.0 Å². The average molecular weight is 629 g/mol. The first-order valence-electron chi connectivity index (χ1n) is 14.8. The Balaban J connectivity index is 1.36. The lowest BCUT2D eigenvalue weighted by atomic mass is 9.86. The molecule has 2 aromatic heterocycles. The molecule has 234 valence electrons. The number of nitrogens with zero attached hydrogens (tertiary/aromatic N) is 4. The molecule has 10 nitrogen and oxygen atoms in total. The molecule has 0 spiro atoms. The lowest BCUT2D eigenvalue weighted by Gasteiger charge is -2.29. The number of amides is 1. The van der Waals surface area contributed by atoms with Gasteiger partial charge in [0.2, 0.25) is 17.9 Å². The number of halogens is 2. The molecule has 1 aromatic carbocycles. The van der Waals surface area contributed by atoms with Gasteiger partial charge in [-0.2, -0.15) is 4.39 Å². The predicted molar refractivity (Wildman–Crippen MR) is 161 cm³/mol. The van der Waals surface area contributed by atoms with Crippen LogP contribution >= 0.6 is 11.3 Å². The Bertz CT molecular complexity index is 1530. The molecule has 1 amide bonds. The second-order valence-electron chi connectivity index (χ2n) is 11.4. The van der Waals surface area contributed by atoms with Gasteiger partial charge in [0.15, 0.2) is 16.7 Å². The largest absolute Gasteiger partial charge is 0.488 e. The van der Waals surface area contributed by atoms with Crippen LogP contribution in [0.3, 0.4) is 0 Å².